The number of rotatable bonds is 5. The Morgan fingerprint density at radius 2 is 2.05 bits per heavy atom. The molecule has 20 heavy (non-hydrogen) atoms. The molecule has 1 amide bonds. The molecule has 112 valence electrons. The van der Waals surface area contributed by atoms with E-state index >= 15 is 0 Å². The largest absolute Gasteiger partial charge is 0.374 e. The van der Waals surface area contributed by atoms with Crippen LogP contribution in [-0.4, -0.2) is 17.5 Å². The van der Waals surface area contributed by atoms with Gasteiger partial charge in [-0.05, 0) is 67.7 Å². The van der Waals surface area contributed by atoms with Crippen molar-refractivity contribution in [1.29, 1.82) is 0 Å². The summed E-state index contributed by atoms with van der Waals surface area (Å²) >= 11 is 3.14. The number of carbonyl (C=O) groups is 1. The van der Waals surface area contributed by atoms with Gasteiger partial charge in [-0.25, -0.2) is 4.39 Å². The second kappa shape index (κ2) is 6.57. The molecule has 3 nitrogen and oxygen atoms in total. The minimum atomic E-state index is -0.430. The molecule has 0 saturated heterocycles. The second-order valence-electron chi connectivity index (χ2n) is 5.67. The Hall–Kier alpha value is -1.10. The highest BCUT2D eigenvalue weighted by atomic mass is 79.9. The molecule has 1 aromatic carbocycles. The van der Waals surface area contributed by atoms with Crippen molar-refractivity contribution < 1.29 is 9.18 Å². The van der Waals surface area contributed by atoms with E-state index in [0.29, 0.717) is 10.2 Å². The van der Waals surface area contributed by atoms with E-state index in [2.05, 4.69) is 26.6 Å². The van der Waals surface area contributed by atoms with Crippen molar-refractivity contribution in [3.63, 3.8) is 0 Å². The van der Waals surface area contributed by atoms with Crippen LogP contribution in [0.15, 0.2) is 16.6 Å². The van der Waals surface area contributed by atoms with Crippen molar-refractivity contribution in [2.75, 3.05) is 5.32 Å². The van der Waals surface area contributed by atoms with Gasteiger partial charge in [0.05, 0.1) is 4.47 Å². The van der Waals surface area contributed by atoms with Crippen LogP contribution < -0.4 is 10.6 Å². The Morgan fingerprint density at radius 3 is 2.60 bits per heavy atom. The summed E-state index contributed by atoms with van der Waals surface area (Å²) in [5.41, 5.74) is 1.27. The first-order chi connectivity index (χ1) is 9.16. The molecule has 0 aromatic heterocycles. The molecule has 0 fully saturated rings. The fourth-order valence-corrected chi connectivity index (χ4v) is 2.09. The monoisotopic (exact) mass is 344 g/mol. The first-order valence-electron chi connectivity index (χ1n) is 6.70. The normalized spacial score (nSPS) is 12.9. The molecule has 5 heteroatoms. The van der Waals surface area contributed by atoms with Crippen molar-refractivity contribution in [3.8, 4) is 0 Å². The summed E-state index contributed by atoms with van der Waals surface area (Å²) in [6, 6.07) is 2.66. The summed E-state index contributed by atoms with van der Waals surface area (Å²) in [5, 5.41) is 6.02. The molecule has 0 radical (unpaired) electrons. The number of benzene rings is 1. The lowest BCUT2D eigenvalue weighted by molar-refractivity contribution is -0.123. The van der Waals surface area contributed by atoms with Crippen LogP contribution in [0.2, 0.25) is 0 Å². The summed E-state index contributed by atoms with van der Waals surface area (Å²) in [4.78, 5) is 12.1. The third kappa shape index (κ3) is 4.47. The summed E-state index contributed by atoms with van der Waals surface area (Å²) < 4.78 is 14.0. The highest BCUT2D eigenvalue weighted by molar-refractivity contribution is 9.10. The van der Waals surface area contributed by atoms with Gasteiger partial charge in [-0.15, -0.1) is 0 Å². The molecule has 0 heterocycles. The van der Waals surface area contributed by atoms with E-state index in [4.69, 9.17) is 0 Å². The van der Waals surface area contributed by atoms with Gasteiger partial charge in [0.15, 0.2) is 0 Å². The zero-order chi connectivity index (χ0) is 15.5. The molecule has 1 aromatic rings. The predicted molar refractivity (Wildman–Crippen MR) is 84.4 cm³/mol. The Morgan fingerprint density at radius 1 is 1.45 bits per heavy atom. The van der Waals surface area contributed by atoms with Crippen molar-refractivity contribution in [3.05, 3.63) is 28.0 Å². The van der Waals surface area contributed by atoms with Crippen LogP contribution in [0, 0.1) is 12.7 Å². The van der Waals surface area contributed by atoms with Gasteiger partial charge in [0.1, 0.15) is 11.9 Å². The molecule has 1 unspecified atom stereocenters. The lowest BCUT2D eigenvalue weighted by Crippen LogP contribution is -2.48. The second-order valence-corrected chi connectivity index (χ2v) is 6.53. The minimum Gasteiger partial charge on any atom is -0.374 e. The summed E-state index contributed by atoms with van der Waals surface area (Å²) in [7, 11) is 0. The number of nitrogens with one attached hydrogen (secondary N) is 2. The average molecular weight is 345 g/mol. The van der Waals surface area contributed by atoms with Gasteiger partial charge in [-0.1, -0.05) is 6.92 Å². The van der Waals surface area contributed by atoms with E-state index in [1.165, 1.54) is 6.07 Å². The van der Waals surface area contributed by atoms with Crippen LogP contribution in [0.4, 0.5) is 10.1 Å². The van der Waals surface area contributed by atoms with Crippen LogP contribution in [0.25, 0.3) is 0 Å². The van der Waals surface area contributed by atoms with Crippen LogP contribution >= 0.6 is 15.9 Å². The van der Waals surface area contributed by atoms with Crippen molar-refractivity contribution in [2.24, 2.45) is 0 Å². The van der Waals surface area contributed by atoms with Crippen LogP contribution in [0.3, 0.4) is 0 Å². The number of halogens is 2. The van der Waals surface area contributed by atoms with Crippen molar-refractivity contribution >= 4 is 27.5 Å². The molecule has 0 saturated carbocycles. The van der Waals surface area contributed by atoms with Gasteiger partial charge in [-0.2, -0.15) is 0 Å². The molecule has 0 bridgehead atoms. The standard InChI is InChI=1S/C15H22BrFN2O/c1-6-15(4,5)19-14(20)10(3)18-13-8-12(17)11(16)7-9(13)2/h7-8,10,18H,6H2,1-5H3,(H,19,20). The minimum absolute atomic E-state index is 0.0976. The summed E-state index contributed by atoms with van der Waals surface area (Å²) in [6.07, 6.45) is 0.845. The Labute approximate surface area is 128 Å². The van der Waals surface area contributed by atoms with E-state index in [1.807, 2.05) is 27.7 Å². The van der Waals surface area contributed by atoms with Gasteiger partial charge in [0.2, 0.25) is 5.91 Å². The molecule has 0 aliphatic heterocycles. The maximum Gasteiger partial charge on any atom is 0.242 e. The lowest BCUT2D eigenvalue weighted by Gasteiger charge is -2.27. The highest BCUT2D eigenvalue weighted by Crippen LogP contribution is 2.24. The van der Waals surface area contributed by atoms with Gasteiger partial charge < -0.3 is 10.6 Å². The Kier molecular flexibility index (Phi) is 5.57. The number of amides is 1. The third-order valence-electron chi connectivity index (χ3n) is 3.38. The summed E-state index contributed by atoms with van der Waals surface area (Å²) in [5.74, 6) is -0.445. The molecule has 0 aliphatic rings. The van der Waals surface area contributed by atoms with E-state index in [1.54, 1.807) is 13.0 Å². The number of hydrogen-bond donors (Lipinski definition) is 2. The highest BCUT2D eigenvalue weighted by Gasteiger charge is 2.22. The topological polar surface area (TPSA) is 41.1 Å². The van der Waals surface area contributed by atoms with Crippen molar-refractivity contribution in [2.45, 2.75) is 52.6 Å². The molecule has 1 atom stereocenters. The SMILES string of the molecule is CCC(C)(C)NC(=O)C(C)Nc1cc(F)c(Br)cc1C. The third-order valence-corrected chi connectivity index (χ3v) is 3.99. The quantitative estimate of drug-likeness (QED) is 0.847. The maximum atomic E-state index is 13.5. The maximum absolute atomic E-state index is 13.5. The van der Waals surface area contributed by atoms with Crippen LogP contribution in [0.1, 0.15) is 39.7 Å². The predicted octanol–water partition coefficient (Wildman–Crippen LogP) is 4.00. The number of anilines is 1. The molecule has 0 aliphatic carbocycles. The van der Waals surface area contributed by atoms with Crippen molar-refractivity contribution in [1.82, 2.24) is 5.32 Å². The van der Waals surface area contributed by atoms with E-state index in [-0.39, 0.29) is 17.3 Å². The Balaban J connectivity index is 2.78. The van der Waals surface area contributed by atoms with E-state index in [0.717, 1.165) is 12.0 Å². The fourth-order valence-electron chi connectivity index (χ4n) is 1.63. The zero-order valence-corrected chi connectivity index (χ0v) is 14.2. The van der Waals surface area contributed by atoms with Crippen LogP contribution in [0.5, 0.6) is 0 Å². The average Bonchev–Trinajstić information content (AvgIpc) is 2.35. The fraction of sp³-hybridized carbons (Fsp3) is 0.533. The van der Waals surface area contributed by atoms with Gasteiger partial charge in [-0.3, -0.25) is 4.79 Å². The molecule has 1 rings (SSSR count). The van der Waals surface area contributed by atoms with E-state index in [9.17, 15) is 9.18 Å². The molecular formula is C15H22BrFN2O. The number of aryl methyl sites for hydroxylation is 1. The first-order valence-corrected chi connectivity index (χ1v) is 7.50. The van der Waals surface area contributed by atoms with Gasteiger partial charge >= 0.3 is 0 Å². The Bertz CT molecular complexity index is 503. The number of hydrogen-bond acceptors (Lipinski definition) is 2. The summed E-state index contributed by atoms with van der Waals surface area (Å²) in [6.45, 7) is 9.60. The number of carbonyl (C=O) groups excluding carboxylic acids is 1. The van der Waals surface area contributed by atoms with Crippen LogP contribution in [-0.2, 0) is 4.79 Å². The molecule has 0 spiro atoms. The smallest absolute Gasteiger partial charge is 0.242 e. The van der Waals surface area contributed by atoms with Gasteiger partial charge in [0, 0.05) is 11.2 Å². The van der Waals surface area contributed by atoms with Gasteiger partial charge in [0.25, 0.3) is 0 Å². The molecule has 2 N–H and O–H groups in total. The van der Waals surface area contributed by atoms with E-state index < -0.39 is 6.04 Å². The molecular weight excluding hydrogens is 323 g/mol. The zero-order valence-electron chi connectivity index (χ0n) is 12.6. The lowest BCUT2D eigenvalue weighted by atomic mass is 10.0. The first kappa shape index (κ1) is 17.0.